The smallest absolute Gasteiger partial charge is 0.341 e. The molecule has 1 aliphatic heterocycles. The number of nitrogen functional groups attached to an aromatic ring is 1. The third-order valence-electron chi connectivity index (χ3n) is 6.88. The summed E-state index contributed by atoms with van der Waals surface area (Å²) < 4.78 is 46.0. The van der Waals surface area contributed by atoms with E-state index in [0.717, 1.165) is 23.6 Å². The minimum atomic E-state index is -1.57. The molecule has 31 heavy (non-hydrogen) atoms. The number of carboxylic acid groups (broad SMARTS) is 1. The number of aromatic nitrogens is 1. The molecule has 5 rings (SSSR count). The third-order valence-corrected chi connectivity index (χ3v) is 6.88. The molecule has 5 N–H and O–H groups in total. The van der Waals surface area contributed by atoms with Gasteiger partial charge in [-0.2, -0.15) is 0 Å². The number of carboxylic acids is 1. The molecular formula is C21H23F3N4O3. The SMILES string of the molecule is Nc1c(F)c(N2CC[C@@H]([C@@H](N)C3CC3)C2)c(F)c2c1c(=O)c(C(=O)O)cn2[C@@H]1C[C@@H]1F. The van der Waals surface area contributed by atoms with Crippen LogP contribution in [0.4, 0.5) is 24.5 Å². The summed E-state index contributed by atoms with van der Waals surface area (Å²) >= 11 is 0. The lowest BCUT2D eigenvalue weighted by Crippen LogP contribution is -2.34. The van der Waals surface area contributed by atoms with E-state index in [9.17, 15) is 19.1 Å². The van der Waals surface area contributed by atoms with Gasteiger partial charge >= 0.3 is 5.97 Å². The topological polar surface area (TPSA) is 115 Å². The van der Waals surface area contributed by atoms with Gasteiger partial charge in [0.2, 0.25) is 5.43 Å². The molecule has 1 aromatic heterocycles. The Balaban J connectivity index is 1.68. The van der Waals surface area contributed by atoms with Gasteiger partial charge in [-0.1, -0.05) is 0 Å². The zero-order valence-electron chi connectivity index (χ0n) is 16.7. The van der Waals surface area contributed by atoms with Gasteiger partial charge in [-0.25, -0.2) is 18.0 Å². The van der Waals surface area contributed by atoms with Crippen LogP contribution in [-0.2, 0) is 0 Å². The summed E-state index contributed by atoms with van der Waals surface area (Å²) in [6, 6.07) is -0.869. The molecule has 7 nitrogen and oxygen atoms in total. The van der Waals surface area contributed by atoms with Crippen molar-refractivity contribution in [1.82, 2.24) is 4.57 Å². The van der Waals surface area contributed by atoms with E-state index in [1.807, 2.05) is 0 Å². The molecule has 0 amide bonds. The normalized spacial score (nSPS) is 26.5. The second kappa shape index (κ2) is 6.88. The molecule has 166 valence electrons. The molecular weight excluding hydrogens is 413 g/mol. The highest BCUT2D eigenvalue weighted by Gasteiger charge is 2.43. The summed E-state index contributed by atoms with van der Waals surface area (Å²) in [6.07, 6.45) is 2.46. The number of fused-ring (bicyclic) bond motifs is 1. The van der Waals surface area contributed by atoms with E-state index in [-0.39, 0.29) is 29.6 Å². The Morgan fingerprint density at radius 3 is 2.45 bits per heavy atom. The van der Waals surface area contributed by atoms with Crippen LogP contribution in [0, 0.1) is 23.5 Å². The number of rotatable bonds is 5. The van der Waals surface area contributed by atoms with Gasteiger partial charge in [-0.15, -0.1) is 0 Å². The van der Waals surface area contributed by atoms with Crippen LogP contribution in [0.25, 0.3) is 10.9 Å². The summed E-state index contributed by atoms with van der Waals surface area (Å²) in [4.78, 5) is 25.7. The first-order valence-electron chi connectivity index (χ1n) is 10.4. The van der Waals surface area contributed by atoms with Crippen molar-refractivity contribution < 1.29 is 23.1 Å². The van der Waals surface area contributed by atoms with Crippen molar-refractivity contribution in [3.05, 3.63) is 33.6 Å². The Hall–Kier alpha value is -2.75. The van der Waals surface area contributed by atoms with Crippen LogP contribution in [0.1, 0.15) is 42.1 Å². The Bertz CT molecular complexity index is 1160. The van der Waals surface area contributed by atoms with Crippen LogP contribution in [0.15, 0.2) is 11.0 Å². The highest BCUT2D eigenvalue weighted by Crippen LogP contribution is 2.45. The van der Waals surface area contributed by atoms with Gasteiger partial charge in [0.05, 0.1) is 22.6 Å². The van der Waals surface area contributed by atoms with E-state index in [4.69, 9.17) is 11.5 Å². The van der Waals surface area contributed by atoms with Crippen LogP contribution in [-0.4, -0.2) is 40.9 Å². The highest BCUT2D eigenvalue weighted by atomic mass is 19.1. The van der Waals surface area contributed by atoms with E-state index in [1.165, 1.54) is 4.90 Å². The number of nitrogens with zero attached hydrogens (tertiary/aromatic N) is 2. The second-order valence-corrected chi connectivity index (χ2v) is 8.93. The molecule has 3 fully saturated rings. The number of aromatic carboxylic acids is 1. The molecule has 2 saturated carbocycles. The van der Waals surface area contributed by atoms with Crippen LogP contribution >= 0.6 is 0 Å². The minimum Gasteiger partial charge on any atom is -0.477 e. The number of carbonyl (C=O) groups is 1. The Kier molecular flexibility index (Phi) is 4.47. The fourth-order valence-corrected chi connectivity index (χ4v) is 4.85. The van der Waals surface area contributed by atoms with Crippen molar-refractivity contribution in [2.45, 2.75) is 43.9 Å². The average molecular weight is 436 g/mol. The minimum absolute atomic E-state index is 0.0380. The average Bonchev–Trinajstić information content (AvgIpc) is 3.64. The summed E-state index contributed by atoms with van der Waals surface area (Å²) in [6.45, 7) is 0.722. The number of hydrogen-bond donors (Lipinski definition) is 3. The molecule has 0 radical (unpaired) electrons. The number of nitrogens with two attached hydrogens (primary N) is 2. The van der Waals surface area contributed by atoms with Crippen molar-refractivity contribution in [3.63, 3.8) is 0 Å². The van der Waals surface area contributed by atoms with Crippen LogP contribution in [0.3, 0.4) is 0 Å². The number of benzene rings is 1. The van der Waals surface area contributed by atoms with Gasteiger partial charge in [0, 0.05) is 31.7 Å². The van der Waals surface area contributed by atoms with Crippen LogP contribution in [0.5, 0.6) is 0 Å². The number of pyridine rings is 1. The van der Waals surface area contributed by atoms with E-state index in [2.05, 4.69) is 0 Å². The van der Waals surface area contributed by atoms with Gasteiger partial charge in [-0.3, -0.25) is 4.79 Å². The quantitative estimate of drug-likeness (QED) is 0.620. The maximum atomic E-state index is 15.8. The lowest BCUT2D eigenvalue weighted by molar-refractivity contribution is 0.0694. The van der Waals surface area contributed by atoms with E-state index >= 15 is 8.78 Å². The largest absolute Gasteiger partial charge is 0.477 e. The first kappa shape index (κ1) is 20.2. The Morgan fingerprint density at radius 1 is 1.19 bits per heavy atom. The lowest BCUT2D eigenvalue weighted by Gasteiger charge is -2.25. The fourth-order valence-electron chi connectivity index (χ4n) is 4.85. The zero-order valence-corrected chi connectivity index (χ0v) is 16.7. The standard InChI is InChI=1S/C21H23F3N4O3/c22-11-5-12(11)28-7-10(21(30)31)20(29)13-17(26)14(23)19(15(24)18(13)28)27-4-3-9(6-27)16(25)8-1-2-8/h7-9,11-12,16H,1-6,25-26H2,(H,30,31)/t9-,11+,12-,16+/m1/s1. The molecule has 0 unspecified atom stereocenters. The van der Waals surface area contributed by atoms with Gasteiger partial charge in [-0.05, 0) is 31.1 Å². The maximum absolute atomic E-state index is 15.8. The third kappa shape index (κ3) is 3.07. The van der Waals surface area contributed by atoms with E-state index in [0.29, 0.717) is 25.4 Å². The monoisotopic (exact) mass is 436 g/mol. The zero-order chi connectivity index (χ0) is 22.2. The first-order valence-corrected chi connectivity index (χ1v) is 10.4. The Morgan fingerprint density at radius 2 is 1.87 bits per heavy atom. The number of anilines is 2. The Labute approximate surface area is 175 Å². The fraction of sp³-hybridized carbons (Fsp3) is 0.524. The molecule has 2 aliphatic carbocycles. The summed E-state index contributed by atoms with van der Waals surface area (Å²) in [7, 11) is 0. The van der Waals surface area contributed by atoms with Crippen LogP contribution < -0.4 is 21.8 Å². The number of alkyl halides is 1. The summed E-state index contributed by atoms with van der Waals surface area (Å²) in [5, 5.41) is 8.78. The molecule has 10 heteroatoms. The first-order chi connectivity index (χ1) is 14.7. The maximum Gasteiger partial charge on any atom is 0.341 e. The van der Waals surface area contributed by atoms with Gasteiger partial charge < -0.3 is 26.0 Å². The van der Waals surface area contributed by atoms with Gasteiger partial charge in [0.15, 0.2) is 11.6 Å². The predicted molar refractivity (Wildman–Crippen MR) is 109 cm³/mol. The highest BCUT2D eigenvalue weighted by molar-refractivity contribution is 5.99. The second-order valence-electron chi connectivity index (χ2n) is 8.93. The lowest BCUT2D eigenvalue weighted by atomic mass is 9.96. The molecule has 1 saturated heterocycles. The van der Waals surface area contributed by atoms with Crippen molar-refractivity contribution in [3.8, 4) is 0 Å². The summed E-state index contributed by atoms with van der Waals surface area (Å²) in [5.41, 5.74) is 9.05. The molecule has 2 aromatic rings. The molecule has 4 atom stereocenters. The predicted octanol–water partition coefficient (Wildman–Crippen LogP) is 2.41. The van der Waals surface area contributed by atoms with Crippen molar-refractivity contribution >= 4 is 28.2 Å². The summed E-state index contributed by atoms with van der Waals surface area (Å²) in [5.74, 6) is -3.19. The van der Waals surface area contributed by atoms with E-state index in [1.54, 1.807) is 0 Å². The molecule has 0 spiro atoms. The van der Waals surface area contributed by atoms with Crippen molar-refractivity contribution in [1.29, 1.82) is 0 Å². The van der Waals surface area contributed by atoms with Crippen molar-refractivity contribution in [2.24, 2.45) is 17.6 Å². The molecule has 2 heterocycles. The molecule has 0 bridgehead atoms. The van der Waals surface area contributed by atoms with Gasteiger partial charge in [0.1, 0.15) is 17.4 Å². The molecule has 3 aliphatic rings. The van der Waals surface area contributed by atoms with Crippen LogP contribution in [0.2, 0.25) is 0 Å². The van der Waals surface area contributed by atoms with Crippen molar-refractivity contribution in [2.75, 3.05) is 23.7 Å². The molecule has 1 aromatic carbocycles. The van der Waals surface area contributed by atoms with Gasteiger partial charge in [0.25, 0.3) is 0 Å². The number of hydrogen-bond acceptors (Lipinski definition) is 5. The van der Waals surface area contributed by atoms with E-state index < -0.39 is 51.9 Å². The number of halogens is 3.